The van der Waals surface area contributed by atoms with E-state index in [1.165, 1.54) is 0 Å². The van der Waals surface area contributed by atoms with E-state index in [1.807, 2.05) is 48.5 Å². The number of ether oxygens (including phenoxy) is 2. The molecule has 0 unspecified atom stereocenters. The van der Waals surface area contributed by atoms with Crippen molar-refractivity contribution in [1.82, 2.24) is 4.98 Å². The van der Waals surface area contributed by atoms with Crippen molar-refractivity contribution in [2.75, 3.05) is 19.5 Å². The maximum atomic E-state index is 12.4. The van der Waals surface area contributed by atoms with Crippen molar-refractivity contribution in [3.05, 3.63) is 60.3 Å². The number of anilines is 1. The minimum Gasteiger partial charge on any atom is -0.493 e. The highest BCUT2D eigenvalue weighted by Gasteiger charge is 2.12. The Balaban J connectivity index is 1.71. The fourth-order valence-corrected chi connectivity index (χ4v) is 2.82. The highest BCUT2D eigenvalue weighted by atomic mass is 16.5. The lowest BCUT2D eigenvalue weighted by Crippen LogP contribution is -2.13. The van der Waals surface area contributed by atoms with Gasteiger partial charge in [0.15, 0.2) is 11.5 Å². The molecule has 0 radical (unpaired) electrons. The number of aromatic nitrogens is 1. The molecule has 25 heavy (non-hydrogen) atoms. The second-order valence-electron chi connectivity index (χ2n) is 5.58. The second-order valence-corrected chi connectivity index (χ2v) is 5.58. The Kier molecular flexibility index (Phi) is 5.14. The third-order valence-electron chi connectivity index (χ3n) is 4.01. The van der Waals surface area contributed by atoms with Crippen LogP contribution in [0.3, 0.4) is 0 Å². The minimum absolute atomic E-state index is 0.0666. The maximum Gasteiger partial charge on any atom is 0.224 e. The number of hydrogen-bond donors (Lipinski definition) is 1. The molecule has 0 saturated carbocycles. The highest BCUT2D eigenvalue weighted by molar-refractivity contribution is 6.00. The summed E-state index contributed by atoms with van der Waals surface area (Å²) >= 11 is 0. The van der Waals surface area contributed by atoms with E-state index in [0.717, 1.165) is 22.2 Å². The molecule has 3 aromatic rings. The van der Waals surface area contributed by atoms with Crippen molar-refractivity contribution >= 4 is 22.5 Å². The van der Waals surface area contributed by atoms with E-state index in [-0.39, 0.29) is 5.91 Å². The molecular formula is C20H20N2O3. The zero-order valence-electron chi connectivity index (χ0n) is 14.3. The molecule has 1 heterocycles. The summed E-state index contributed by atoms with van der Waals surface area (Å²) in [6.45, 7) is 0. The van der Waals surface area contributed by atoms with Gasteiger partial charge in [0.2, 0.25) is 5.91 Å². The lowest BCUT2D eigenvalue weighted by Gasteiger charge is -2.12. The molecule has 2 aromatic carbocycles. The number of benzene rings is 2. The number of methoxy groups -OCH3 is 2. The topological polar surface area (TPSA) is 60.5 Å². The van der Waals surface area contributed by atoms with Crippen LogP contribution in [0.4, 0.5) is 5.69 Å². The third-order valence-corrected chi connectivity index (χ3v) is 4.01. The summed E-state index contributed by atoms with van der Waals surface area (Å²) in [6.07, 6.45) is 2.62. The number of hydrogen-bond acceptors (Lipinski definition) is 4. The number of nitrogens with zero attached hydrogens (tertiary/aromatic N) is 1. The molecule has 0 spiro atoms. The van der Waals surface area contributed by atoms with Gasteiger partial charge in [-0.05, 0) is 30.2 Å². The van der Waals surface area contributed by atoms with Gasteiger partial charge in [0.25, 0.3) is 0 Å². The molecule has 1 N–H and O–H groups in total. The van der Waals surface area contributed by atoms with Crippen LogP contribution in [0.15, 0.2) is 54.7 Å². The number of carbonyl (C=O) groups is 1. The number of carbonyl (C=O) groups excluding carboxylic acids is 1. The standard InChI is InChI=1S/C20H20N2O3/c1-24-17-10-4-7-15(20(17)25-2)11-12-18(23)22-16-9-3-6-14-8-5-13-21-19(14)16/h3-10,13H,11-12H2,1-2H3,(H,22,23). The number of nitrogens with one attached hydrogen (secondary N) is 1. The van der Waals surface area contributed by atoms with Gasteiger partial charge in [-0.25, -0.2) is 0 Å². The molecular weight excluding hydrogens is 316 g/mol. The Labute approximate surface area is 146 Å². The van der Waals surface area contributed by atoms with E-state index in [4.69, 9.17) is 9.47 Å². The van der Waals surface area contributed by atoms with Crippen LogP contribution in [0, 0.1) is 0 Å². The molecule has 0 aliphatic heterocycles. The Bertz CT molecular complexity index is 888. The van der Waals surface area contributed by atoms with Gasteiger partial charge in [-0.2, -0.15) is 0 Å². The van der Waals surface area contributed by atoms with E-state index < -0.39 is 0 Å². The summed E-state index contributed by atoms with van der Waals surface area (Å²) in [5.74, 6) is 1.27. The van der Waals surface area contributed by atoms with Crippen LogP contribution < -0.4 is 14.8 Å². The molecule has 0 bridgehead atoms. The predicted molar refractivity (Wildman–Crippen MR) is 98.2 cm³/mol. The van der Waals surface area contributed by atoms with Gasteiger partial charge in [0, 0.05) is 18.0 Å². The molecule has 1 amide bonds. The van der Waals surface area contributed by atoms with Crippen molar-refractivity contribution in [2.45, 2.75) is 12.8 Å². The van der Waals surface area contributed by atoms with Crippen LogP contribution in [0.5, 0.6) is 11.5 Å². The van der Waals surface area contributed by atoms with Gasteiger partial charge >= 0.3 is 0 Å². The average Bonchev–Trinajstić information content (AvgIpc) is 2.66. The first-order chi connectivity index (χ1) is 12.2. The molecule has 0 fully saturated rings. The van der Waals surface area contributed by atoms with Gasteiger partial charge in [0.05, 0.1) is 25.4 Å². The van der Waals surface area contributed by atoms with E-state index in [2.05, 4.69) is 10.3 Å². The zero-order valence-corrected chi connectivity index (χ0v) is 14.3. The second kappa shape index (κ2) is 7.66. The van der Waals surface area contributed by atoms with Crippen LogP contribution in [0.2, 0.25) is 0 Å². The average molecular weight is 336 g/mol. The van der Waals surface area contributed by atoms with Crippen LogP contribution in [-0.2, 0) is 11.2 Å². The summed E-state index contributed by atoms with van der Waals surface area (Å²) in [5.41, 5.74) is 2.45. The largest absolute Gasteiger partial charge is 0.493 e. The summed E-state index contributed by atoms with van der Waals surface area (Å²) < 4.78 is 10.7. The number of aryl methyl sites for hydroxylation is 1. The lowest BCUT2D eigenvalue weighted by atomic mass is 10.1. The number of rotatable bonds is 6. The minimum atomic E-state index is -0.0666. The fourth-order valence-electron chi connectivity index (χ4n) is 2.82. The smallest absolute Gasteiger partial charge is 0.224 e. The van der Waals surface area contributed by atoms with Crippen molar-refractivity contribution in [3.8, 4) is 11.5 Å². The van der Waals surface area contributed by atoms with Crippen molar-refractivity contribution in [1.29, 1.82) is 0 Å². The van der Waals surface area contributed by atoms with E-state index >= 15 is 0 Å². The quantitative estimate of drug-likeness (QED) is 0.743. The Morgan fingerprint density at radius 1 is 1.04 bits per heavy atom. The Morgan fingerprint density at radius 2 is 1.84 bits per heavy atom. The van der Waals surface area contributed by atoms with Gasteiger partial charge in [-0.3, -0.25) is 9.78 Å². The number of pyridine rings is 1. The molecule has 5 nitrogen and oxygen atoms in total. The molecule has 0 atom stereocenters. The first kappa shape index (κ1) is 16.8. The van der Waals surface area contributed by atoms with Gasteiger partial charge in [-0.1, -0.05) is 30.3 Å². The Morgan fingerprint density at radius 3 is 2.64 bits per heavy atom. The normalized spacial score (nSPS) is 10.5. The van der Waals surface area contributed by atoms with Crippen molar-refractivity contribution < 1.29 is 14.3 Å². The van der Waals surface area contributed by atoms with Gasteiger partial charge in [0.1, 0.15) is 0 Å². The lowest BCUT2D eigenvalue weighted by molar-refractivity contribution is -0.116. The zero-order chi connectivity index (χ0) is 17.6. The molecule has 128 valence electrons. The van der Waals surface area contributed by atoms with Crippen LogP contribution in [0.25, 0.3) is 10.9 Å². The molecule has 3 rings (SSSR count). The summed E-state index contributed by atoms with van der Waals surface area (Å²) in [7, 11) is 3.20. The predicted octanol–water partition coefficient (Wildman–Crippen LogP) is 3.82. The summed E-state index contributed by atoms with van der Waals surface area (Å²) in [4.78, 5) is 16.7. The fraction of sp³-hybridized carbons (Fsp3) is 0.200. The highest BCUT2D eigenvalue weighted by Crippen LogP contribution is 2.31. The summed E-state index contributed by atoms with van der Waals surface area (Å²) in [5, 5.41) is 3.94. The monoisotopic (exact) mass is 336 g/mol. The first-order valence-corrected chi connectivity index (χ1v) is 8.06. The molecule has 1 aromatic heterocycles. The number of fused-ring (bicyclic) bond motifs is 1. The van der Waals surface area contributed by atoms with E-state index in [9.17, 15) is 4.79 Å². The van der Waals surface area contributed by atoms with E-state index in [1.54, 1.807) is 20.4 Å². The molecule has 0 aliphatic rings. The van der Waals surface area contributed by atoms with Crippen molar-refractivity contribution in [2.24, 2.45) is 0 Å². The van der Waals surface area contributed by atoms with Crippen LogP contribution in [-0.4, -0.2) is 25.1 Å². The maximum absolute atomic E-state index is 12.4. The van der Waals surface area contributed by atoms with Gasteiger partial charge < -0.3 is 14.8 Å². The SMILES string of the molecule is COc1cccc(CCC(=O)Nc2cccc3cccnc23)c1OC. The molecule has 0 saturated heterocycles. The van der Waals surface area contributed by atoms with E-state index in [0.29, 0.717) is 24.3 Å². The number of amides is 1. The van der Waals surface area contributed by atoms with Crippen molar-refractivity contribution in [3.63, 3.8) is 0 Å². The summed E-state index contributed by atoms with van der Waals surface area (Å²) in [6, 6.07) is 15.3. The van der Waals surface area contributed by atoms with Gasteiger partial charge in [-0.15, -0.1) is 0 Å². The molecule has 5 heteroatoms. The third kappa shape index (κ3) is 3.71. The van der Waals surface area contributed by atoms with Crippen LogP contribution in [0.1, 0.15) is 12.0 Å². The Hall–Kier alpha value is -3.08. The van der Waals surface area contributed by atoms with Crippen LogP contribution >= 0.6 is 0 Å². The first-order valence-electron chi connectivity index (χ1n) is 8.06. The molecule has 0 aliphatic carbocycles. The number of para-hydroxylation sites is 2.